The van der Waals surface area contributed by atoms with Crippen molar-refractivity contribution in [3.05, 3.63) is 69.7 Å². The van der Waals surface area contributed by atoms with Gasteiger partial charge in [0.05, 0.1) is 23.4 Å². The molecule has 0 aliphatic heterocycles. The van der Waals surface area contributed by atoms with Crippen LogP contribution in [0.1, 0.15) is 10.4 Å². The molecular weight excluding hydrogens is 378 g/mol. The molecule has 0 aromatic heterocycles. The van der Waals surface area contributed by atoms with E-state index in [1.54, 1.807) is 19.2 Å². The molecule has 0 unspecified atom stereocenters. The van der Waals surface area contributed by atoms with Crippen LogP contribution in [0.3, 0.4) is 0 Å². The number of carbonyl (C=O) groups is 1. The Balaban J connectivity index is 1.99. The van der Waals surface area contributed by atoms with E-state index in [4.69, 9.17) is 16.3 Å². The van der Waals surface area contributed by atoms with Gasteiger partial charge in [0, 0.05) is 4.47 Å². The second-order valence-corrected chi connectivity index (χ2v) is 6.30. The van der Waals surface area contributed by atoms with Crippen LogP contribution in [0.25, 0.3) is 10.8 Å². The molecule has 0 fully saturated rings. The zero-order chi connectivity index (χ0) is 16.4. The Morgan fingerprint density at radius 2 is 1.78 bits per heavy atom. The minimum absolute atomic E-state index is 0.267. The Morgan fingerprint density at radius 1 is 1.09 bits per heavy atom. The van der Waals surface area contributed by atoms with Crippen molar-refractivity contribution in [3.63, 3.8) is 0 Å². The molecule has 0 saturated carbocycles. The fourth-order valence-corrected chi connectivity index (χ4v) is 3.07. The largest absolute Gasteiger partial charge is 0.496 e. The summed E-state index contributed by atoms with van der Waals surface area (Å²) in [6.07, 6.45) is 0. The maximum atomic E-state index is 12.6. The SMILES string of the molecule is COc1cc2ccccc2cc1C(=O)Nc1ccc(Br)cc1Cl. The summed E-state index contributed by atoms with van der Waals surface area (Å²) < 4.78 is 6.21. The van der Waals surface area contributed by atoms with Crippen LogP contribution < -0.4 is 10.1 Å². The molecule has 0 spiro atoms. The zero-order valence-electron chi connectivity index (χ0n) is 12.3. The highest BCUT2D eigenvalue weighted by molar-refractivity contribution is 9.10. The number of hydrogen-bond donors (Lipinski definition) is 1. The van der Waals surface area contributed by atoms with Crippen LogP contribution in [0.4, 0.5) is 5.69 Å². The van der Waals surface area contributed by atoms with E-state index in [0.717, 1.165) is 15.2 Å². The van der Waals surface area contributed by atoms with Crippen molar-refractivity contribution < 1.29 is 9.53 Å². The van der Waals surface area contributed by atoms with Gasteiger partial charge >= 0.3 is 0 Å². The van der Waals surface area contributed by atoms with Crippen molar-refractivity contribution in [2.75, 3.05) is 12.4 Å². The molecule has 0 atom stereocenters. The summed E-state index contributed by atoms with van der Waals surface area (Å²) in [4.78, 5) is 12.6. The lowest BCUT2D eigenvalue weighted by Crippen LogP contribution is -2.13. The van der Waals surface area contributed by atoms with E-state index in [-0.39, 0.29) is 5.91 Å². The van der Waals surface area contributed by atoms with Gasteiger partial charge < -0.3 is 10.1 Å². The van der Waals surface area contributed by atoms with Crippen molar-refractivity contribution in [2.45, 2.75) is 0 Å². The number of rotatable bonds is 3. The molecule has 3 aromatic rings. The van der Waals surface area contributed by atoms with Gasteiger partial charge in [-0.25, -0.2) is 0 Å². The van der Waals surface area contributed by atoms with Crippen LogP contribution >= 0.6 is 27.5 Å². The van der Waals surface area contributed by atoms with Crippen molar-refractivity contribution >= 4 is 49.9 Å². The fourth-order valence-electron chi connectivity index (χ4n) is 2.35. The van der Waals surface area contributed by atoms with Gasteiger partial charge in [0.25, 0.3) is 5.91 Å². The lowest BCUT2D eigenvalue weighted by molar-refractivity contribution is 0.102. The molecule has 3 nitrogen and oxygen atoms in total. The average Bonchev–Trinajstić information content (AvgIpc) is 2.56. The molecule has 116 valence electrons. The van der Waals surface area contributed by atoms with Crippen LogP contribution in [0.2, 0.25) is 5.02 Å². The van der Waals surface area contributed by atoms with Gasteiger partial charge in [-0.2, -0.15) is 0 Å². The normalized spacial score (nSPS) is 10.6. The average molecular weight is 391 g/mol. The first-order valence-corrected chi connectivity index (χ1v) is 8.09. The van der Waals surface area contributed by atoms with Crippen LogP contribution in [-0.4, -0.2) is 13.0 Å². The fraction of sp³-hybridized carbons (Fsp3) is 0.0556. The molecular formula is C18H13BrClNO2. The van der Waals surface area contributed by atoms with Crippen LogP contribution in [0.15, 0.2) is 59.1 Å². The smallest absolute Gasteiger partial charge is 0.259 e. The number of carbonyl (C=O) groups excluding carboxylic acids is 1. The minimum Gasteiger partial charge on any atom is -0.496 e. The zero-order valence-corrected chi connectivity index (χ0v) is 14.6. The summed E-state index contributed by atoms with van der Waals surface area (Å²) in [5.41, 5.74) is 1.01. The molecule has 5 heteroatoms. The predicted octanol–water partition coefficient (Wildman–Crippen LogP) is 5.52. The molecule has 0 radical (unpaired) electrons. The van der Waals surface area contributed by atoms with Gasteiger partial charge in [0.15, 0.2) is 0 Å². The van der Waals surface area contributed by atoms with Crippen molar-refractivity contribution in [1.82, 2.24) is 0 Å². The summed E-state index contributed by atoms with van der Waals surface area (Å²) >= 11 is 9.49. The molecule has 23 heavy (non-hydrogen) atoms. The highest BCUT2D eigenvalue weighted by atomic mass is 79.9. The number of ether oxygens (including phenoxy) is 1. The summed E-state index contributed by atoms with van der Waals surface area (Å²) in [6, 6.07) is 16.8. The Kier molecular flexibility index (Phi) is 4.55. The summed E-state index contributed by atoms with van der Waals surface area (Å²) in [7, 11) is 1.55. The van der Waals surface area contributed by atoms with Crippen molar-refractivity contribution in [3.8, 4) is 5.75 Å². The number of benzene rings is 3. The van der Waals surface area contributed by atoms with Gasteiger partial charge in [0.1, 0.15) is 5.75 Å². The van der Waals surface area contributed by atoms with Crippen LogP contribution in [0.5, 0.6) is 5.75 Å². The van der Waals surface area contributed by atoms with Gasteiger partial charge in [0.2, 0.25) is 0 Å². The van der Waals surface area contributed by atoms with E-state index < -0.39 is 0 Å². The third kappa shape index (κ3) is 3.33. The molecule has 3 rings (SSSR count). The third-order valence-corrected chi connectivity index (χ3v) is 4.30. The molecule has 0 saturated heterocycles. The highest BCUT2D eigenvalue weighted by Gasteiger charge is 2.15. The quantitative estimate of drug-likeness (QED) is 0.640. The molecule has 1 N–H and O–H groups in total. The number of nitrogens with one attached hydrogen (secondary N) is 1. The Bertz CT molecular complexity index is 895. The van der Waals surface area contributed by atoms with Crippen molar-refractivity contribution in [2.24, 2.45) is 0 Å². The number of methoxy groups -OCH3 is 1. The number of anilines is 1. The summed E-state index contributed by atoms with van der Waals surface area (Å²) in [5, 5.41) is 5.28. The third-order valence-electron chi connectivity index (χ3n) is 3.49. The number of halogens is 2. The van der Waals surface area contributed by atoms with Crippen molar-refractivity contribution in [1.29, 1.82) is 0 Å². The Morgan fingerprint density at radius 3 is 2.43 bits per heavy atom. The monoisotopic (exact) mass is 389 g/mol. The van der Waals surface area contributed by atoms with Gasteiger partial charge in [-0.15, -0.1) is 0 Å². The summed E-state index contributed by atoms with van der Waals surface area (Å²) in [6.45, 7) is 0. The molecule has 0 heterocycles. The van der Waals surface area contributed by atoms with Gasteiger partial charge in [-0.1, -0.05) is 51.8 Å². The standard InChI is InChI=1S/C18H13BrClNO2/c1-23-17-9-12-5-3-2-4-11(12)8-14(17)18(22)21-16-7-6-13(19)10-15(16)20/h2-10H,1H3,(H,21,22). The van der Waals surface area contributed by atoms with E-state index in [9.17, 15) is 4.79 Å². The van der Waals surface area contributed by atoms with Gasteiger partial charge in [-0.05, 0) is 41.1 Å². The number of amides is 1. The topological polar surface area (TPSA) is 38.3 Å². The number of fused-ring (bicyclic) bond motifs is 1. The van der Waals surface area contributed by atoms with E-state index in [2.05, 4.69) is 21.2 Å². The molecule has 0 aliphatic rings. The maximum Gasteiger partial charge on any atom is 0.259 e. The Labute approximate surface area is 147 Å². The van der Waals surface area contributed by atoms with E-state index in [0.29, 0.717) is 22.0 Å². The summed E-state index contributed by atoms with van der Waals surface area (Å²) in [5.74, 6) is 0.256. The van der Waals surface area contributed by atoms with Gasteiger partial charge in [-0.3, -0.25) is 4.79 Å². The first kappa shape index (κ1) is 15.8. The van der Waals surface area contributed by atoms with Crippen LogP contribution in [-0.2, 0) is 0 Å². The first-order valence-electron chi connectivity index (χ1n) is 6.91. The minimum atomic E-state index is -0.267. The van der Waals surface area contributed by atoms with E-state index >= 15 is 0 Å². The molecule has 1 amide bonds. The molecule has 0 bridgehead atoms. The number of hydrogen-bond acceptors (Lipinski definition) is 2. The lowest BCUT2D eigenvalue weighted by atomic mass is 10.1. The maximum absolute atomic E-state index is 12.6. The first-order chi connectivity index (χ1) is 11.1. The molecule has 3 aromatic carbocycles. The predicted molar refractivity (Wildman–Crippen MR) is 97.6 cm³/mol. The lowest BCUT2D eigenvalue weighted by Gasteiger charge is -2.12. The molecule has 0 aliphatic carbocycles. The highest BCUT2D eigenvalue weighted by Crippen LogP contribution is 2.29. The second kappa shape index (κ2) is 6.60. The Hall–Kier alpha value is -2.04. The van der Waals surface area contributed by atoms with E-state index in [1.165, 1.54) is 0 Å². The van der Waals surface area contributed by atoms with E-state index in [1.807, 2.05) is 42.5 Å². The van der Waals surface area contributed by atoms with Crippen LogP contribution in [0, 0.1) is 0 Å². The second-order valence-electron chi connectivity index (χ2n) is 4.98.